The van der Waals surface area contributed by atoms with Crippen LogP contribution in [-0.4, -0.2) is 45.0 Å². The van der Waals surface area contributed by atoms with Crippen molar-refractivity contribution < 1.29 is 19.1 Å². The summed E-state index contributed by atoms with van der Waals surface area (Å²) in [4.78, 5) is 37.3. The maximum atomic E-state index is 10.9. The Morgan fingerprint density at radius 3 is 1.48 bits per heavy atom. The van der Waals surface area contributed by atoms with Crippen molar-refractivity contribution in [1.29, 1.82) is 0 Å². The number of ether oxygens (including phenoxy) is 2. The van der Waals surface area contributed by atoms with Crippen molar-refractivity contribution in [2.24, 2.45) is 11.5 Å². The normalized spacial score (nSPS) is 10.2. The number of carbonyl (C=O) groups is 2. The highest BCUT2D eigenvalue weighted by Crippen LogP contribution is 2.07. The molecule has 2 aromatic rings. The van der Waals surface area contributed by atoms with Crippen molar-refractivity contribution in [3.63, 3.8) is 0 Å². The second-order valence-electron chi connectivity index (χ2n) is 4.97. The SMILES string of the molecule is NC(=O)c1cnc(OCCCCCOc2cnc(C(N)=O)cn2)cn1. The molecule has 25 heavy (non-hydrogen) atoms. The first-order valence-electron chi connectivity index (χ1n) is 7.55. The zero-order valence-corrected chi connectivity index (χ0v) is 13.4. The Morgan fingerprint density at radius 2 is 1.16 bits per heavy atom. The molecule has 10 nitrogen and oxygen atoms in total. The molecular formula is C15H18N6O4. The third-order valence-corrected chi connectivity index (χ3v) is 3.05. The highest BCUT2D eigenvalue weighted by molar-refractivity contribution is 5.90. The lowest BCUT2D eigenvalue weighted by Gasteiger charge is -2.06. The number of hydrogen-bond acceptors (Lipinski definition) is 8. The lowest BCUT2D eigenvalue weighted by atomic mass is 10.2. The molecule has 2 heterocycles. The monoisotopic (exact) mass is 346 g/mol. The van der Waals surface area contributed by atoms with E-state index in [1.165, 1.54) is 24.8 Å². The first kappa shape index (κ1) is 18.0. The average molecular weight is 346 g/mol. The highest BCUT2D eigenvalue weighted by atomic mass is 16.5. The van der Waals surface area contributed by atoms with E-state index >= 15 is 0 Å². The molecule has 132 valence electrons. The topological polar surface area (TPSA) is 156 Å². The Balaban J connectivity index is 1.57. The fourth-order valence-corrected chi connectivity index (χ4v) is 1.77. The molecule has 2 amide bonds. The molecule has 2 rings (SSSR count). The van der Waals surface area contributed by atoms with Crippen molar-refractivity contribution in [3.8, 4) is 11.8 Å². The zero-order valence-electron chi connectivity index (χ0n) is 13.4. The molecule has 0 aliphatic carbocycles. The van der Waals surface area contributed by atoms with Gasteiger partial charge in [0.2, 0.25) is 11.8 Å². The molecule has 0 aliphatic heterocycles. The molecular weight excluding hydrogens is 328 g/mol. The summed E-state index contributed by atoms with van der Waals surface area (Å²) < 4.78 is 10.8. The van der Waals surface area contributed by atoms with Crippen LogP contribution in [-0.2, 0) is 0 Å². The van der Waals surface area contributed by atoms with Gasteiger partial charge in [-0.3, -0.25) is 9.59 Å². The molecule has 0 saturated carbocycles. The number of nitrogens with zero attached hydrogens (tertiary/aromatic N) is 4. The Kier molecular flexibility index (Phi) is 6.57. The molecule has 0 radical (unpaired) electrons. The van der Waals surface area contributed by atoms with Gasteiger partial charge in [-0.15, -0.1) is 0 Å². The summed E-state index contributed by atoms with van der Waals surface area (Å²) in [6, 6.07) is 0. The maximum Gasteiger partial charge on any atom is 0.268 e. The quantitative estimate of drug-likeness (QED) is 0.573. The number of carbonyl (C=O) groups excluding carboxylic acids is 2. The van der Waals surface area contributed by atoms with Crippen molar-refractivity contribution in [2.45, 2.75) is 19.3 Å². The standard InChI is InChI=1S/C15H18N6O4/c16-14(22)10-6-20-12(8-18-10)24-4-2-1-3-5-25-13-9-19-11(7-21-13)15(17)23/h6-9H,1-5H2,(H2,16,22)(H2,17,23). The van der Waals surface area contributed by atoms with Crippen LogP contribution in [0.2, 0.25) is 0 Å². The van der Waals surface area contributed by atoms with E-state index in [0.29, 0.717) is 25.0 Å². The summed E-state index contributed by atoms with van der Waals surface area (Å²) >= 11 is 0. The largest absolute Gasteiger partial charge is 0.477 e. The van der Waals surface area contributed by atoms with Gasteiger partial charge < -0.3 is 20.9 Å². The Hall–Kier alpha value is -3.30. The Bertz CT molecular complexity index is 643. The van der Waals surface area contributed by atoms with Gasteiger partial charge in [-0.05, 0) is 19.3 Å². The number of rotatable bonds is 10. The first-order valence-corrected chi connectivity index (χ1v) is 7.55. The molecule has 0 spiro atoms. The number of unbranched alkanes of at least 4 members (excludes halogenated alkanes) is 2. The van der Waals surface area contributed by atoms with Gasteiger partial charge in [0.1, 0.15) is 11.4 Å². The van der Waals surface area contributed by atoms with Crippen LogP contribution in [0.3, 0.4) is 0 Å². The number of primary amides is 2. The Morgan fingerprint density at radius 1 is 0.720 bits per heavy atom. The number of hydrogen-bond donors (Lipinski definition) is 2. The third kappa shape index (κ3) is 6.01. The van der Waals surface area contributed by atoms with Crippen LogP contribution in [0.1, 0.15) is 40.2 Å². The summed E-state index contributed by atoms with van der Waals surface area (Å²) in [6.45, 7) is 0.940. The van der Waals surface area contributed by atoms with E-state index in [4.69, 9.17) is 20.9 Å². The molecule has 10 heteroatoms. The van der Waals surface area contributed by atoms with Gasteiger partial charge in [0.15, 0.2) is 0 Å². The van der Waals surface area contributed by atoms with Crippen LogP contribution in [0.4, 0.5) is 0 Å². The molecule has 0 aliphatic rings. The van der Waals surface area contributed by atoms with E-state index in [-0.39, 0.29) is 11.4 Å². The zero-order chi connectivity index (χ0) is 18.1. The Labute approximate surface area is 143 Å². The second kappa shape index (κ2) is 9.11. The fourth-order valence-electron chi connectivity index (χ4n) is 1.77. The number of aromatic nitrogens is 4. The van der Waals surface area contributed by atoms with Gasteiger partial charge in [-0.2, -0.15) is 0 Å². The van der Waals surface area contributed by atoms with Gasteiger partial charge in [0, 0.05) is 0 Å². The van der Waals surface area contributed by atoms with Crippen LogP contribution in [0.15, 0.2) is 24.8 Å². The summed E-state index contributed by atoms with van der Waals surface area (Å²) in [5, 5.41) is 0. The van der Waals surface area contributed by atoms with Gasteiger partial charge in [0.25, 0.3) is 11.8 Å². The van der Waals surface area contributed by atoms with E-state index in [1.807, 2.05) is 0 Å². The summed E-state index contributed by atoms with van der Waals surface area (Å²) in [5.41, 5.74) is 10.3. The van der Waals surface area contributed by atoms with Crippen LogP contribution in [0.5, 0.6) is 11.8 Å². The molecule has 0 saturated heterocycles. The molecule has 0 aromatic carbocycles. The summed E-state index contributed by atoms with van der Waals surface area (Å²) in [6.07, 6.45) is 7.74. The molecule has 2 aromatic heterocycles. The summed E-state index contributed by atoms with van der Waals surface area (Å²) in [7, 11) is 0. The minimum absolute atomic E-state index is 0.0939. The smallest absolute Gasteiger partial charge is 0.268 e. The predicted molar refractivity (Wildman–Crippen MR) is 85.9 cm³/mol. The van der Waals surface area contributed by atoms with E-state index in [0.717, 1.165) is 19.3 Å². The fraction of sp³-hybridized carbons (Fsp3) is 0.333. The number of amides is 2. The lowest BCUT2D eigenvalue weighted by Crippen LogP contribution is -2.13. The average Bonchev–Trinajstić information content (AvgIpc) is 2.61. The van der Waals surface area contributed by atoms with E-state index in [9.17, 15) is 9.59 Å². The molecule has 0 atom stereocenters. The molecule has 0 bridgehead atoms. The van der Waals surface area contributed by atoms with E-state index in [1.54, 1.807) is 0 Å². The van der Waals surface area contributed by atoms with Crippen molar-refractivity contribution in [1.82, 2.24) is 19.9 Å². The third-order valence-electron chi connectivity index (χ3n) is 3.05. The highest BCUT2D eigenvalue weighted by Gasteiger charge is 2.04. The first-order chi connectivity index (χ1) is 12.1. The van der Waals surface area contributed by atoms with Crippen molar-refractivity contribution >= 4 is 11.8 Å². The van der Waals surface area contributed by atoms with E-state index < -0.39 is 11.8 Å². The van der Waals surface area contributed by atoms with Crippen LogP contribution in [0, 0.1) is 0 Å². The van der Waals surface area contributed by atoms with Crippen LogP contribution >= 0.6 is 0 Å². The summed E-state index contributed by atoms with van der Waals surface area (Å²) in [5.74, 6) is -0.585. The minimum atomic E-state index is -0.631. The second-order valence-corrected chi connectivity index (χ2v) is 4.97. The van der Waals surface area contributed by atoms with Crippen molar-refractivity contribution in [3.05, 3.63) is 36.2 Å². The van der Waals surface area contributed by atoms with Crippen LogP contribution in [0.25, 0.3) is 0 Å². The molecule has 4 N–H and O–H groups in total. The van der Waals surface area contributed by atoms with Crippen molar-refractivity contribution in [2.75, 3.05) is 13.2 Å². The minimum Gasteiger partial charge on any atom is -0.477 e. The van der Waals surface area contributed by atoms with E-state index in [2.05, 4.69) is 19.9 Å². The van der Waals surface area contributed by atoms with Gasteiger partial charge in [0.05, 0.1) is 38.0 Å². The molecule has 0 unspecified atom stereocenters. The van der Waals surface area contributed by atoms with Crippen LogP contribution < -0.4 is 20.9 Å². The predicted octanol–water partition coefficient (Wildman–Crippen LogP) is 0.0925. The lowest BCUT2D eigenvalue weighted by molar-refractivity contribution is 0.0986. The van der Waals surface area contributed by atoms with Gasteiger partial charge >= 0.3 is 0 Å². The maximum absolute atomic E-state index is 10.9. The number of nitrogens with two attached hydrogens (primary N) is 2. The molecule has 0 fully saturated rings. The van der Waals surface area contributed by atoms with Gasteiger partial charge in [-0.1, -0.05) is 0 Å². The van der Waals surface area contributed by atoms with Gasteiger partial charge in [-0.25, -0.2) is 19.9 Å².